The van der Waals surface area contributed by atoms with Crippen molar-refractivity contribution in [1.29, 1.82) is 0 Å². The number of alkyl carbamates (subject to hydrolysis) is 1. The molecule has 0 aliphatic heterocycles. The molecule has 3 amide bonds. The van der Waals surface area contributed by atoms with Crippen LogP contribution in [-0.4, -0.2) is 41.0 Å². The van der Waals surface area contributed by atoms with Crippen molar-refractivity contribution in [2.75, 3.05) is 11.9 Å². The van der Waals surface area contributed by atoms with E-state index >= 15 is 0 Å². The first kappa shape index (κ1) is 30.6. The van der Waals surface area contributed by atoms with Crippen LogP contribution in [0, 0.1) is 26.7 Å². The molecule has 2 rings (SSSR count). The summed E-state index contributed by atoms with van der Waals surface area (Å²) in [6, 6.07) is 11.5. The van der Waals surface area contributed by atoms with Crippen LogP contribution in [0.1, 0.15) is 69.3 Å². The molecule has 2 N–H and O–H groups in total. The fourth-order valence-corrected chi connectivity index (χ4v) is 4.22. The highest BCUT2D eigenvalue weighted by molar-refractivity contribution is 5.99. The fraction of sp³-hybridized carbons (Fsp3) is 0.452. The molecule has 2 unspecified atom stereocenters. The number of hydrogen-bond donors (Lipinski definition) is 2. The van der Waals surface area contributed by atoms with E-state index in [2.05, 4.69) is 17.2 Å². The van der Waals surface area contributed by atoms with Gasteiger partial charge in [0, 0.05) is 12.2 Å². The molecule has 2 aromatic carbocycles. The summed E-state index contributed by atoms with van der Waals surface area (Å²) in [5.41, 5.74) is 3.42. The van der Waals surface area contributed by atoms with Gasteiger partial charge < -0.3 is 20.3 Å². The van der Waals surface area contributed by atoms with Crippen LogP contribution in [0.3, 0.4) is 0 Å². The maximum absolute atomic E-state index is 14.1. The summed E-state index contributed by atoms with van der Waals surface area (Å²) in [4.78, 5) is 42.3. The maximum atomic E-state index is 14.1. The van der Waals surface area contributed by atoms with Crippen LogP contribution >= 0.6 is 0 Å². The van der Waals surface area contributed by atoms with Gasteiger partial charge in [-0.2, -0.15) is 0 Å². The topological polar surface area (TPSA) is 87.7 Å². The second kappa shape index (κ2) is 13.3. The summed E-state index contributed by atoms with van der Waals surface area (Å²) >= 11 is 0. The van der Waals surface area contributed by atoms with Crippen molar-refractivity contribution in [3.63, 3.8) is 0 Å². The largest absolute Gasteiger partial charge is 0.444 e. The summed E-state index contributed by atoms with van der Waals surface area (Å²) in [6.45, 7) is 19.0. The lowest BCUT2D eigenvalue weighted by molar-refractivity contribution is -0.140. The second-order valence-electron chi connectivity index (χ2n) is 11.2. The van der Waals surface area contributed by atoms with E-state index in [-0.39, 0.29) is 24.3 Å². The van der Waals surface area contributed by atoms with E-state index < -0.39 is 23.8 Å². The molecule has 0 aromatic heterocycles. The van der Waals surface area contributed by atoms with Crippen LogP contribution in [0.2, 0.25) is 0 Å². The number of ether oxygens (including phenoxy) is 1. The van der Waals surface area contributed by atoms with E-state index in [4.69, 9.17) is 4.74 Å². The SMILES string of the molecule is C=CCN(C(=O)C(CC(C)C)NC(=O)OC(C)(C)C)C(C(=O)Nc1ccccc1C)c1cc(C)ccc1C. The summed E-state index contributed by atoms with van der Waals surface area (Å²) in [5, 5.41) is 5.78. The number of nitrogens with zero attached hydrogens (tertiary/aromatic N) is 1. The molecule has 7 heteroatoms. The number of amides is 3. The van der Waals surface area contributed by atoms with Gasteiger partial charge in [0.25, 0.3) is 5.91 Å². The van der Waals surface area contributed by atoms with Crippen molar-refractivity contribution in [3.8, 4) is 0 Å². The average molecular weight is 522 g/mol. The zero-order chi connectivity index (χ0) is 28.6. The summed E-state index contributed by atoms with van der Waals surface area (Å²) in [6.07, 6.45) is 1.30. The van der Waals surface area contributed by atoms with Gasteiger partial charge in [-0.05, 0) is 76.6 Å². The molecule has 0 fully saturated rings. The van der Waals surface area contributed by atoms with Crippen molar-refractivity contribution in [1.82, 2.24) is 10.2 Å². The summed E-state index contributed by atoms with van der Waals surface area (Å²) < 4.78 is 5.44. The van der Waals surface area contributed by atoms with Crippen molar-refractivity contribution in [2.45, 2.75) is 79.5 Å². The molecule has 0 aliphatic carbocycles. The van der Waals surface area contributed by atoms with Gasteiger partial charge in [0.15, 0.2) is 0 Å². The molecule has 0 saturated heterocycles. The first-order valence-corrected chi connectivity index (χ1v) is 13.1. The number of rotatable bonds is 10. The smallest absolute Gasteiger partial charge is 0.408 e. The van der Waals surface area contributed by atoms with Crippen molar-refractivity contribution in [2.24, 2.45) is 5.92 Å². The molecular weight excluding hydrogens is 478 g/mol. The summed E-state index contributed by atoms with van der Waals surface area (Å²) in [5.74, 6) is -0.622. The van der Waals surface area contributed by atoms with Gasteiger partial charge in [-0.15, -0.1) is 6.58 Å². The van der Waals surface area contributed by atoms with Crippen LogP contribution < -0.4 is 10.6 Å². The first-order valence-electron chi connectivity index (χ1n) is 13.1. The number of carbonyl (C=O) groups is 3. The second-order valence-corrected chi connectivity index (χ2v) is 11.2. The third kappa shape index (κ3) is 8.75. The van der Waals surface area contributed by atoms with Crippen molar-refractivity contribution >= 4 is 23.6 Å². The molecule has 0 aliphatic rings. The molecule has 2 aromatic rings. The third-order valence-corrected chi connectivity index (χ3v) is 6.00. The number of carbonyl (C=O) groups excluding carboxylic acids is 3. The number of para-hydroxylation sites is 1. The van der Waals surface area contributed by atoms with Gasteiger partial charge in [-0.3, -0.25) is 9.59 Å². The van der Waals surface area contributed by atoms with E-state index in [1.54, 1.807) is 26.8 Å². The lowest BCUT2D eigenvalue weighted by atomic mass is 9.95. The predicted molar refractivity (Wildman–Crippen MR) is 153 cm³/mol. The highest BCUT2D eigenvalue weighted by Crippen LogP contribution is 2.29. The lowest BCUT2D eigenvalue weighted by Crippen LogP contribution is -2.53. The summed E-state index contributed by atoms with van der Waals surface area (Å²) in [7, 11) is 0. The molecule has 0 bridgehead atoms. The standard InChI is InChI=1S/C31H43N3O4/c1-10-17-34(29(36)26(18-20(2)3)33-30(37)38-31(7,8)9)27(24-19-21(4)15-16-22(24)5)28(35)32-25-14-12-11-13-23(25)6/h10-16,19-20,26-27H,1,17-18H2,2-9H3,(H,32,35)(H,33,37). The molecule has 0 saturated carbocycles. The van der Waals surface area contributed by atoms with Crippen LogP contribution in [0.25, 0.3) is 0 Å². The monoisotopic (exact) mass is 521 g/mol. The minimum absolute atomic E-state index is 0.101. The van der Waals surface area contributed by atoms with E-state index in [0.717, 1.165) is 16.7 Å². The molecule has 2 atom stereocenters. The van der Waals surface area contributed by atoms with Crippen LogP contribution in [0.5, 0.6) is 0 Å². The van der Waals surface area contributed by atoms with E-state index in [1.807, 2.05) is 77.1 Å². The minimum Gasteiger partial charge on any atom is -0.444 e. The number of benzene rings is 2. The third-order valence-electron chi connectivity index (χ3n) is 6.00. The quantitative estimate of drug-likeness (QED) is 0.362. The van der Waals surface area contributed by atoms with Crippen molar-refractivity contribution < 1.29 is 19.1 Å². The van der Waals surface area contributed by atoms with Crippen LogP contribution in [0.4, 0.5) is 10.5 Å². The van der Waals surface area contributed by atoms with Gasteiger partial charge >= 0.3 is 6.09 Å². The maximum Gasteiger partial charge on any atom is 0.408 e. The Bertz CT molecular complexity index is 1150. The number of hydrogen-bond acceptors (Lipinski definition) is 4. The molecule has 0 radical (unpaired) electrons. The Morgan fingerprint density at radius 3 is 2.26 bits per heavy atom. The molecule has 38 heavy (non-hydrogen) atoms. The van der Waals surface area contributed by atoms with Gasteiger partial charge in [0.05, 0.1) is 0 Å². The number of nitrogens with one attached hydrogen (secondary N) is 2. The Morgan fingerprint density at radius 1 is 1.03 bits per heavy atom. The molecule has 0 heterocycles. The Labute approximate surface area is 227 Å². The van der Waals surface area contributed by atoms with E-state index in [0.29, 0.717) is 17.7 Å². The fourth-order valence-electron chi connectivity index (χ4n) is 4.22. The molecular formula is C31H43N3O4. The molecule has 206 valence electrons. The van der Waals surface area contributed by atoms with Crippen molar-refractivity contribution in [3.05, 3.63) is 77.4 Å². The first-order chi connectivity index (χ1) is 17.7. The number of aryl methyl sites for hydroxylation is 3. The molecule has 7 nitrogen and oxygen atoms in total. The van der Waals surface area contributed by atoms with Gasteiger partial charge in [-0.1, -0.05) is 61.9 Å². The Balaban J connectivity index is 2.57. The highest BCUT2D eigenvalue weighted by atomic mass is 16.6. The highest BCUT2D eigenvalue weighted by Gasteiger charge is 2.37. The van der Waals surface area contributed by atoms with Gasteiger partial charge in [-0.25, -0.2) is 4.79 Å². The Morgan fingerprint density at radius 2 is 1.68 bits per heavy atom. The van der Waals surface area contributed by atoms with Crippen LogP contribution in [-0.2, 0) is 14.3 Å². The zero-order valence-corrected chi connectivity index (χ0v) is 24.1. The zero-order valence-electron chi connectivity index (χ0n) is 24.1. The van der Waals surface area contributed by atoms with Gasteiger partial charge in [0.2, 0.25) is 5.91 Å². The predicted octanol–water partition coefficient (Wildman–Crippen LogP) is 6.25. The Kier molecular flexibility index (Phi) is 10.7. The van der Waals surface area contributed by atoms with Crippen LogP contribution in [0.15, 0.2) is 55.1 Å². The Hall–Kier alpha value is -3.61. The normalized spacial score (nSPS) is 12.9. The average Bonchev–Trinajstić information content (AvgIpc) is 2.80. The number of anilines is 1. The van der Waals surface area contributed by atoms with E-state index in [1.165, 1.54) is 4.90 Å². The minimum atomic E-state index is -0.949. The molecule has 0 spiro atoms. The van der Waals surface area contributed by atoms with E-state index in [9.17, 15) is 14.4 Å². The van der Waals surface area contributed by atoms with Gasteiger partial charge in [0.1, 0.15) is 17.7 Å². The lowest BCUT2D eigenvalue weighted by Gasteiger charge is -2.35.